The van der Waals surface area contributed by atoms with Gasteiger partial charge in [0.05, 0.1) is 11.5 Å². The molecule has 0 spiro atoms. The molecule has 4 nitrogen and oxygen atoms in total. The van der Waals surface area contributed by atoms with E-state index in [-0.39, 0.29) is 11.3 Å². The second kappa shape index (κ2) is 8.03. The van der Waals surface area contributed by atoms with Crippen LogP contribution in [0.4, 0.5) is 0 Å². The number of nitrogens with zero attached hydrogens (tertiary/aromatic N) is 3. The molecule has 3 aromatic rings. The maximum absolute atomic E-state index is 13.6. The summed E-state index contributed by atoms with van der Waals surface area (Å²) in [6.45, 7) is 3.27. The van der Waals surface area contributed by atoms with Crippen LogP contribution >= 0.6 is 11.9 Å². The Kier molecular flexibility index (Phi) is 5.21. The van der Waals surface area contributed by atoms with Gasteiger partial charge in [0, 0.05) is 37.3 Å². The molecule has 1 saturated carbocycles. The van der Waals surface area contributed by atoms with E-state index < -0.39 is 0 Å². The van der Waals surface area contributed by atoms with E-state index >= 15 is 0 Å². The Labute approximate surface area is 187 Å². The number of hydrogen-bond acceptors (Lipinski definition) is 4. The molecule has 1 heterocycles. The first-order valence-electron chi connectivity index (χ1n) is 10.8. The van der Waals surface area contributed by atoms with Crippen molar-refractivity contribution < 1.29 is 4.79 Å². The van der Waals surface area contributed by atoms with Gasteiger partial charge in [-0.05, 0) is 47.1 Å². The van der Waals surface area contributed by atoms with Crippen molar-refractivity contribution in [1.82, 2.24) is 9.21 Å². The summed E-state index contributed by atoms with van der Waals surface area (Å²) in [6, 6.07) is 23.0. The van der Waals surface area contributed by atoms with Gasteiger partial charge in [-0.15, -0.1) is 0 Å². The number of benzene rings is 3. The van der Waals surface area contributed by atoms with E-state index in [1.165, 1.54) is 0 Å². The summed E-state index contributed by atoms with van der Waals surface area (Å²) in [5.41, 5.74) is 3.56. The molecule has 1 aliphatic heterocycles. The van der Waals surface area contributed by atoms with Gasteiger partial charge in [0.1, 0.15) is 0 Å². The molecule has 156 valence electrons. The lowest BCUT2D eigenvalue weighted by atomic mass is 9.90. The molecule has 0 radical (unpaired) electrons. The first kappa shape index (κ1) is 20.1. The number of rotatable bonds is 4. The molecule has 1 amide bonds. The number of hydrogen-bond donors (Lipinski definition) is 0. The van der Waals surface area contributed by atoms with Crippen molar-refractivity contribution in [2.24, 2.45) is 0 Å². The van der Waals surface area contributed by atoms with Gasteiger partial charge in [0.15, 0.2) is 0 Å². The summed E-state index contributed by atoms with van der Waals surface area (Å²) >= 11 is 1.74. The Bertz CT molecular complexity index is 1170. The topological polar surface area (TPSA) is 47.3 Å². The average molecular weight is 428 g/mol. The van der Waals surface area contributed by atoms with Gasteiger partial charge in [-0.2, -0.15) is 5.26 Å². The van der Waals surface area contributed by atoms with Gasteiger partial charge in [0.25, 0.3) is 5.91 Å². The Morgan fingerprint density at radius 3 is 2.32 bits per heavy atom. The zero-order valence-corrected chi connectivity index (χ0v) is 18.5. The molecule has 5 rings (SSSR count). The summed E-state index contributed by atoms with van der Waals surface area (Å²) in [5.74, 6) is 0.0984. The lowest BCUT2D eigenvalue weighted by Gasteiger charge is -2.33. The summed E-state index contributed by atoms with van der Waals surface area (Å²) in [6.07, 6.45) is 3.95. The molecule has 0 aromatic heterocycles. The van der Waals surface area contributed by atoms with Crippen LogP contribution in [0.1, 0.15) is 28.8 Å². The van der Waals surface area contributed by atoms with E-state index in [0.717, 1.165) is 72.0 Å². The van der Waals surface area contributed by atoms with Crippen LogP contribution in [-0.2, 0) is 5.41 Å². The molecule has 1 aliphatic carbocycles. The molecule has 0 N–H and O–H groups in total. The molecular formula is C26H25N3OS. The SMILES string of the molecule is CSN1CCN(C(=O)c2ccc3ccccc3c2-c2ccc(C3(C#N)CC3)cc2)CC1. The molecule has 1 saturated heterocycles. The van der Waals surface area contributed by atoms with Gasteiger partial charge in [-0.1, -0.05) is 66.5 Å². The van der Waals surface area contributed by atoms with Crippen LogP contribution in [0.3, 0.4) is 0 Å². The average Bonchev–Trinajstić information content (AvgIpc) is 3.64. The number of carbonyl (C=O) groups is 1. The zero-order chi connectivity index (χ0) is 21.4. The number of carbonyl (C=O) groups excluding carboxylic acids is 1. The van der Waals surface area contributed by atoms with Crippen LogP contribution in [0.15, 0.2) is 60.7 Å². The molecule has 3 aromatic carbocycles. The second-order valence-electron chi connectivity index (χ2n) is 8.38. The smallest absolute Gasteiger partial charge is 0.254 e. The van der Waals surface area contributed by atoms with E-state index in [4.69, 9.17) is 0 Å². The van der Waals surface area contributed by atoms with Crippen molar-refractivity contribution in [3.05, 3.63) is 71.8 Å². The fourth-order valence-electron chi connectivity index (χ4n) is 4.55. The maximum Gasteiger partial charge on any atom is 0.254 e. The summed E-state index contributed by atoms with van der Waals surface area (Å²) in [7, 11) is 0. The highest BCUT2D eigenvalue weighted by atomic mass is 32.2. The van der Waals surface area contributed by atoms with Crippen LogP contribution in [0, 0.1) is 11.3 Å². The molecule has 5 heteroatoms. The molecule has 2 aliphatic rings. The van der Waals surface area contributed by atoms with E-state index in [1.807, 2.05) is 29.2 Å². The summed E-state index contributed by atoms with van der Waals surface area (Å²) in [5, 5.41) is 11.7. The van der Waals surface area contributed by atoms with E-state index in [2.05, 4.69) is 53.0 Å². The molecule has 0 atom stereocenters. The largest absolute Gasteiger partial charge is 0.336 e. The van der Waals surface area contributed by atoms with Gasteiger partial charge in [-0.25, -0.2) is 4.31 Å². The minimum Gasteiger partial charge on any atom is -0.336 e. The first-order valence-corrected chi connectivity index (χ1v) is 12.0. The normalized spacial score (nSPS) is 18.0. The lowest BCUT2D eigenvalue weighted by molar-refractivity contribution is 0.0705. The third kappa shape index (κ3) is 3.60. The van der Waals surface area contributed by atoms with Gasteiger partial charge >= 0.3 is 0 Å². The summed E-state index contributed by atoms with van der Waals surface area (Å²) < 4.78 is 2.30. The van der Waals surface area contributed by atoms with Crippen LogP contribution < -0.4 is 0 Å². The minimum absolute atomic E-state index is 0.0984. The van der Waals surface area contributed by atoms with E-state index in [0.29, 0.717) is 0 Å². The van der Waals surface area contributed by atoms with Gasteiger partial charge in [-0.3, -0.25) is 4.79 Å². The van der Waals surface area contributed by atoms with Gasteiger partial charge < -0.3 is 4.90 Å². The Morgan fingerprint density at radius 1 is 0.968 bits per heavy atom. The Hall–Kier alpha value is -2.81. The van der Waals surface area contributed by atoms with Crippen LogP contribution in [-0.4, -0.2) is 47.5 Å². The third-order valence-electron chi connectivity index (χ3n) is 6.63. The quantitative estimate of drug-likeness (QED) is 0.544. The van der Waals surface area contributed by atoms with Crippen molar-refractivity contribution in [3.63, 3.8) is 0 Å². The molecular weight excluding hydrogens is 402 g/mol. The van der Waals surface area contributed by atoms with Crippen molar-refractivity contribution in [1.29, 1.82) is 5.26 Å². The molecule has 31 heavy (non-hydrogen) atoms. The van der Waals surface area contributed by atoms with E-state index in [9.17, 15) is 10.1 Å². The molecule has 0 bridgehead atoms. The lowest BCUT2D eigenvalue weighted by Crippen LogP contribution is -2.46. The molecule has 2 fully saturated rings. The van der Waals surface area contributed by atoms with E-state index in [1.54, 1.807) is 11.9 Å². The zero-order valence-electron chi connectivity index (χ0n) is 17.7. The predicted octanol–water partition coefficient (Wildman–Crippen LogP) is 5.10. The van der Waals surface area contributed by atoms with Crippen molar-refractivity contribution in [2.45, 2.75) is 18.3 Å². The summed E-state index contributed by atoms with van der Waals surface area (Å²) in [4.78, 5) is 15.5. The third-order valence-corrected chi connectivity index (χ3v) is 7.52. The number of fused-ring (bicyclic) bond motifs is 1. The maximum atomic E-state index is 13.6. The monoisotopic (exact) mass is 427 g/mol. The number of piperazine rings is 1. The van der Waals surface area contributed by atoms with Crippen LogP contribution in [0.25, 0.3) is 21.9 Å². The predicted molar refractivity (Wildman–Crippen MR) is 127 cm³/mol. The van der Waals surface area contributed by atoms with Gasteiger partial charge in [0.2, 0.25) is 0 Å². The van der Waals surface area contributed by atoms with Crippen LogP contribution in [0.2, 0.25) is 0 Å². The Morgan fingerprint density at radius 2 is 1.68 bits per heavy atom. The standard InChI is InChI=1S/C26H25N3OS/c1-31-29-16-14-28(15-17-29)25(30)23-11-8-19-4-2-3-5-22(19)24(23)20-6-9-21(10-7-20)26(18-27)12-13-26/h2-11H,12-17H2,1H3. The van der Waals surface area contributed by atoms with Crippen LogP contribution in [0.5, 0.6) is 0 Å². The molecule has 0 unspecified atom stereocenters. The highest BCUT2D eigenvalue weighted by Gasteiger charge is 2.44. The fraction of sp³-hybridized carbons (Fsp3) is 0.308. The van der Waals surface area contributed by atoms with Crippen molar-refractivity contribution >= 4 is 28.6 Å². The minimum atomic E-state index is -0.299. The fourth-order valence-corrected chi connectivity index (χ4v) is 5.08. The number of nitriles is 1. The Balaban J connectivity index is 1.56. The first-order chi connectivity index (χ1) is 15.1. The number of amides is 1. The highest BCUT2D eigenvalue weighted by molar-refractivity contribution is 7.96. The second-order valence-corrected chi connectivity index (χ2v) is 9.27. The highest BCUT2D eigenvalue weighted by Crippen LogP contribution is 2.48. The van der Waals surface area contributed by atoms with Crippen molar-refractivity contribution in [3.8, 4) is 17.2 Å². The van der Waals surface area contributed by atoms with Crippen molar-refractivity contribution in [2.75, 3.05) is 32.4 Å².